The Labute approximate surface area is 133 Å². The van der Waals surface area contributed by atoms with Crippen LogP contribution in [0.25, 0.3) is 0 Å². The Bertz CT molecular complexity index is 643. The zero-order valence-corrected chi connectivity index (χ0v) is 13.3. The van der Waals surface area contributed by atoms with Crippen molar-refractivity contribution in [2.24, 2.45) is 0 Å². The second kappa shape index (κ2) is 5.25. The normalized spacial score (nSPS) is 26.0. The first-order valence-electron chi connectivity index (χ1n) is 7.30. The van der Waals surface area contributed by atoms with E-state index in [-0.39, 0.29) is 11.3 Å². The summed E-state index contributed by atoms with van der Waals surface area (Å²) < 4.78 is 5.39. The van der Waals surface area contributed by atoms with Crippen LogP contribution in [-0.4, -0.2) is 35.7 Å². The minimum Gasteiger partial charge on any atom is -0.479 e. The first-order valence-corrected chi connectivity index (χ1v) is 7.68. The maximum absolute atomic E-state index is 12.7. The molecular weight excluding hydrogens is 306 g/mol. The summed E-state index contributed by atoms with van der Waals surface area (Å²) >= 11 is 6.30. The quantitative estimate of drug-likeness (QED) is 0.908. The van der Waals surface area contributed by atoms with Gasteiger partial charge in [-0.1, -0.05) is 31.5 Å². The summed E-state index contributed by atoms with van der Waals surface area (Å²) in [4.78, 5) is 25.4. The van der Waals surface area contributed by atoms with Crippen molar-refractivity contribution in [3.05, 3.63) is 28.8 Å². The van der Waals surface area contributed by atoms with Crippen molar-refractivity contribution in [1.82, 2.24) is 0 Å². The Kier molecular flexibility index (Phi) is 3.65. The minimum atomic E-state index is -1.01. The Hall–Kier alpha value is -1.59. The number of ether oxygens (including phenoxy) is 1. The van der Waals surface area contributed by atoms with Gasteiger partial charge in [-0.25, -0.2) is 4.79 Å². The summed E-state index contributed by atoms with van der Waals surface area (Å²) in [6.07, 6.45) is -0.779. The lowest BCUT2D eigenvalue weighted by Gasteiger charge is -2.23. The molecular formula is C16H18ClNO4. The van der Waals surface area contributed by atoms with Crippen LogP contribution in [0.2, 0.25) is 5.02 Å². The molecule has 22 heavy (non-hydrogen) atoms. The summed E-state index contributed by atoms with van der Waals surface area (Å²) in [5.41, 5.74) is 1.51. The fourth-order valence-corrected chi connectivity index (χ4v) is 3.76. The monoisotopic (exact) mass is 323 g/mol. The highest BCUT2D eigenvalue weighted by molar-refractivity contribution is 6.32. The number of carboxylic acids is 1. The molecule has 2 heterocycles. The van der Waals surface area contributed by atoms with Gasteiger partial charge in [0.1, 0.15) is 6.10 Å². The number of rotatable bonds is 2. The molecule has 2 aliphatic heterocycles. The Morgan fingerprint density at radius 1 is 1.32 bits per heavy atom. The van der Waals surface area contributed by atoms with Crippen molar-refractivity contribution in [3.63, 3.8) is 0 Å². The second-order valence-corrected chi connectivity index (χ2v) is 6.88. The highest BCUT2D eigenvalue weighted by Gasteiger charge is 2.44. The Morgan fingerprint density at radius 3 is 2.64 bits per heavy atom. The molecule has 0 bridgehead atoms. The number of carboxylic acid groups (broad SMARTS) is 1. The Morgan fingerprint density at radius 2 is 2.00 bits per heavy atom. The van der Waals surface area contributed by atoms with E-state index in [4.69, 9.17) is 21.4 Å². The number of carbonyl (C=O) groups is 2. The van der Waals surface area contributed by atoms with E-state index >= 15 is 0 Å². The van der Waals surface area contributed by atoms with Crippen LogP contribution in [-0.2, 0) is 19.7 Å². The molecule has 1 fully saturated rings. The van der Waals surface area contributed by atoms with Crippen LogP contribution >= 0.6 is 11.6 Å². The van der Waals surface area contributed by atoms with Crippen molar-refractivity contribution >= 4 is 29.2 Å². The maximum atomic E-state index is 12.7. The van der Waals surface area contributed by atoms with Crippen molar-refractivity contribution in [3.8, 4) is 0 Å². The third kappa shape index (κ3) is 2.38. The third-order valence-corrected chi connectivity index (χ3v) is 4.66. The van der Waals surface area contributed by atoms with E-state index in [0.29, 0.717) is 24.4 Å². The number of aliphatic carboxylic acids is 1. The minimum absolute atomic E-state index is 0.183. The van der Waals surface area contributed by atoms with Crippen molar-refractivity contribution < 1.29 is 19.4 Å². The number of amides is 1. The van der Waals surface area contributed by atoms with Gasteiger partial charge in [-0.15, -0.1) is 0 Å². The van der Waals surface area contributed by atoms with Crippen LogP contribution in [0.15, 0.2) is 18.2 Å². The van der Waals surface area contributed by atoms with E-state index in [9.17, 15) is 9.59 Å². The molecule has 1 amide bonds. The lowest BCUT2D eigenvalue weighted by Crippen LogP contribution is -2.41. The molecule has 0 radical (unpaired) electrons. The van der Waals surface area contributed by atoms with Crippen LogP contribution < -0.4 is 4.90 Å². The number of hydrogen-bond acceptors (Lipinski definition) is 3. The maximum Gasteiger partial charge on any atom is 0.332 e. The standard InChI is InChI=1S/C16H18ClNO4/c1-16(2)8-18(10-5-3-4-9(17)13(10)16)14(19)11-6-7-12(22-11)15(20)21/h3-5,11-12H,6-8H2,1-2H3,(H,20,21)/t11-,12+/m0/s1. The molecule has 5 nitrogen and oxygen atoms in total. The van der Waals surface area contributed by atoms with Crippen molar-refractivity contribution in [1.29, 1.82) is 0 Å². The predicted octanol–water partition coefficient (Wildman–Crippen LogP) is 2.60. The highest BCUT2D eigenvalue weighted by Crippen LogP contribution is 2.45. The van der Waals surface area contributed by atoms with Crippen LogP contribution in [0.3, 0.4) is 0 Å². The van der Waals surface area contributed by atoms with Gasteiger partial charge in [0.05, 0.1) is 0 Å². The average molecular weight is 324 g/mol. The fourth-order valence-electron chi connectivity index (χ4n) is 3.34. The average Bonchev–Trinajstić information content (AvgIpc) is 3.02. The molecule has 2 atom stereocenters. The predicted molar refractivity (Wildman–Crippen MR) is 82.4 cm³/mol. The topological polar surface area (TPSA) is 66.8 Å². The van der Waals surface area contributed by atoms with Crippen molar-refractivity contribution in [2.45, 2.75) is 44.3 Å². The van der Waals surface area contributed by atoms with Crippen LogP contribution in [0, 0.1) is 0 Å². The van der Waals surface area contributed by atoms with Crippen LogP contribution in [0.4, 0.5) is 5.69 Å². The highest BCUT2D eigenvalue weighted by atomic mass is 35.5. The van der Waals surface area contributed by atoms with Gasteiger partial charge in [-0.2, -0.15) is 0 Å². The molecule has 1 saturated heterocycles. The molecule has 0 spiro atoms. The van der Waals surface area contributed by atoms with E-state index in [1.807, 2.05) is 32.0 Å². The molecule has 1 aromatic carbocycles. The molecule has 2 aliphatic rings. The lowest BCUT2D eigenvalue weighted by molar-refractivity contribution is -0.151. The molecule has 0 unspecified atom stereocenters. The van der Waals surface area contributed by atoms with Gasteiger partial charge in [0.15, 0.2) is 6.10 Å². The smallest absolute Gasteiger partial charge is 0.332 e. The molecule has 1 aromatic rings. The van der Waals surface area contributed by atoms with E-state index in [1.165, 1.54) is 0 Å². The number of fused-ring (bicyclic) bond motifs is 1. The molecule has 0 saturated carbocycles. The summed E-state index contributed by atoms with van der Waals surface area (Å²) in [5, 5.41) is 9.63. The van der Waals surface area contributed by atoms with Crippen LogP contribution in [0.5, 0.6) is 0 Å². The summed E-state index contributed by atoms with van der Waals surface area (Å²) in [5.74, 6) is -1.20. The van der Waals surface area contributed by atoms with E-state index in [0.717, 1.165) is 11.3 Å². The van der Waals surface area contributed by atoms with E-state index in [1.54, 1.807) is 4.90 Å². The SMILES string of the molecule is CC1(C)CN(C(=O)[C@@H]2CC[C@H](C(=O)O)O2)c2cccc(Cl)c21. The Balaban J connectivity index is 1.87. The number of nitrogens with zero attached hydrogens (tertiary/aromatic N) is 1. The summed E-state index contributed by atoms with van der Waals surface area (Å²) in [6.45, 7) is 4.60. The largest absolute Gasteiger partial charge is 0.479 e. The lowest BCUT2D eigenvalue weighted by atomic mass is 9.87. The number of benzene rings is 1. The molecule has 6 heteroatoms. The first-order chi connectivity index (χ1) is 10.3. The van der Waals surface area contributed by atoms with Gasteiger partial charge in [0.2, 0.25) is 0 Å². The molecule has 3 rings (SSSR count). The zero-order chi connectivity index (χ0) is 16.1. The van der Waals surface area contributed by atoms with Crippen LogP contribution in [0.1, 0.15) is 32.3 Å². The molecule has 118 valence electrons. The van der Waals surface area contributed by atoms with Gasteiger partial charge < -0.3 is 14.7 Å². The second-order valence-electron chi connectivity index (χ2n) is 6.47. The van der Waals surface area contributed by atoms with E-state index in [2.05, 4.69) is 0 Å². The van der Waals surface area contributed by atoms with Gasteiger partial charge in [0, 0.05) is 28.2 Å². The fraction of sp³-hybridized carbons (Fsp3) is 0.500. The number of hydrogen-bond donors (Lipinski definition) is 1. The number of carbonyl (C=O) groups excluding carboxylic acids is 1. The summed E-state index contributed by atoms with van der Waals surface area (Å²) in [6, 6.07) is 5.51. The first kappa shape index (κ1) is 15.3. The van der Waals surface area contributed by atoms with Crippen molar-refractivity contribution in [2.75, 3.05) is 11.4 Å². The van der Waals surface area contributed by atoms with Gasteiger partial charge in [0.25, 0.3) is 5.91 Å². The van der Waals surface area contributed by atoms with Gasteiger partial charge >= 0.3 is 5.97 Å². The van der Waals surface area contributed by atoms with E-state index < -0.39 is 18.2 Å². The number of anilines is 1. The number of halogens is 1. The summed E-state index contributed by atoms with van der Waals surface area (Å²) in [7, 11) is 0. The molecule has 0 aliphatic carbocycles. The molecule has 0 aromatic heterocycles. The zero-order valence-electron chi connectivity index (χ0n) is 12.5. The van der Waals surface area contributed by atoms with Gasteiger partial charge in [-0.3, -0.25) is 4.79 Å². The molecule has 1 N–H and O–H groups in total. The third-order valence-electron chi connectivity index (χ3n) is 4.35. The van der Waals surface area contributed by atoms with Gasteiger partial charge in [-0.05, 0) is 25.0 Å².